The Bertz CT molecular complexity index is 1910. The quantitative estimate of drug-likeness (QED) is 0.0176. The molecule has 0 saturated carbocycles. The molecule has 0 saturated heterocycles. The monoisotopic (exact) mass is 1250 g/mol. The molecule has 2 aromatic rings. The fraction of sp³-hybridized carbons (Fsp3) is 0.803. The predicted octanol–water partition coefficient (Wildman–Crippen LogP) is 18.3. The van der Waals surface area contributed by atoms with Crippen molar-refractivity contribution in [1.29, 1.82) is 0 Å². The molecule has 0 atom stereocenters. The minimum absolute atomic E-state index is 0.305. The topological polar surface area (TPSA) is 224 Å². The summed E-state index contributed by atoms with van der Waals surface area (Å²) in [6.07, 6.45) is 40.4. The summed E-state index contributed by atoms with van der Waals surface area (Å²) in [5.74, 6) is -0.893. The van der Waals surface area contributed by atoms with Gasteiger partial charge in [-0.3, -0.25) is 0 Å². The van der Waals surface area contributed by atoms with E-state index in [0.717, 1.165) is 38.5 Å². The van der Waals surface area contributed by atoms with Crippen LogP contribution in [0.15, 0.2) is 24.3 Å². The van der Waals surface area contributed by atoms with Crippen LogP contribution in [0.5, 0.6) is 0 Å². The van der Waals surface area contributed by atoms with Gasteiger partial charge in [0.15, 0.2) is 0 Å². The number of carbonyl (C=O) groups excluding carboxylic acids is 2. The van der Waals surface area contributed by atoms with Crippen LogP contribution in [0.2, 0.25) is 0 Å². The zero-order chi connectivity index (χ0) is 65.0. The summed E-state index contributed by atoms with van der Waals surface area (Å²) in [6, 6.07) is 7.22. The number of carbonyl (C=O) groups is 2. The maximum absolute atomic E-state index is 14.5. The van der Waals surface area contributed by atoms with Gasteiger partial charge in [-0.15, -0.1) is 0 Å². The van der Waals surface area contributed by atoms with Crippen LogP contribution < -0.4 is 0 Å². The van der Waals surface area contributed by atoms with Gasteiger partial charge in [-0.05, 0) is 92.1 Å². The largest absolute Gasteiger partial charge is 0.462 e. The van der Waals surface area contributed by atoms with E-state index in [4.69, 9.17) is 29.0 Å². The molecule has 0 radical (unpaired) electrons. The van der Waals surface area contributed by atoms with Crippen LogP contribution in [0.4, 0.5) is 0 Å². The third-order valence-corrected chi connectivity index (χ3v) is 18.2. The number of benzene rings is 2. The van der Waals surface area contributed by atoms with Crippen molar-refractivity contribution in [2.45, 2.75) is 330 Å². The Labute approximate surface area is 527 Å². The van der Waals surface area contributed by atoms with Gasteiger partial charge in [0.25, 0.3) is 0 Å². The first kappa shape index (κ1) is 81.9. The van der Waals surface area contributed by atoms with E-state index in [-0.39, 0.29) is 0 Å². The van der Waals surface area contributed by atoms with E-state index in [1.807, 2.05) is 83.1 Å². The van der Waals surface area contributed by atoms with Gasteiger partial charge in [0.1, 0.15) is 5.60 Å². The molecule has 0 aliphatic rings. The lowest BCUT2D eigenvalue weighted by atomic mass is 9.56. The number of hydrogen-bond acceptors (Lipinski definition) is 13. The van der Waals surface area contributed by atoms with E-state index in [0.29, 0.717) is 57.7 Å². The molecular formula is C71H128O13P2. The van der Waals surface area contributed by atoms with Crippen LogP contribution in [0.3, 0.4) is 0 Å². The fourth-order valence-electron chi connectivity index (χ4n) is 11.7. The summed E-state index contributed by atoms with van der Waals surface area (Å²) in [5.41, 5.74) is -3.04. The van der Waals surface area contributed by atoms with Crippen molar-refractivity contribution in [3.8, 4) is 0 Å². The zero-order valence-electron chi connectivity index (χ0n) is 57.0. The van der Waals surface area contributed by atoms with Crippen molar-refractivity contribution in [2.24, 2.45) is 5.41 Å². The second kappa shape index (κ2) is 42.8. The van der Waals surface area contributed by atoms with Gasteiger partial charge < -0.3 is 49.5 Å². The molecule has 0 unspecified atom stereocenters. The average Bonchev–Trinajstić information content (AvgIpc) is 0.700. The lowest BCUT2D eigenvalue weighted by Gasteiger charge is -2.51. The second-order valence-electron chi connectivity index (χ2n) is 28.8. The summed E-state index contributed by atoms with van der Waals surface area (Å²) in [7, 11) is -5.22. The highest BCUT2D eigenvalue weighted by Crippen LogP contribution is 2.56. The van der Waals surface area contributed by atoms with Crippen LogP contribution >= 0.6 is 17.2 Å². The van der Waals surface area contributed by atoms with E-state index >= 15 is 0 Å². The Morgan fingerprint density at radius 3 is 0.721 bits per heavy atom. The molecule has 0 aliphatic carbocycles. The summed E-state index contributed by atoms with van der Waals surface area (Å²) < 4.78 is 15.6. The molecule has 8 N–H and O–H groups in total. The maximum atomic E-state index is 14.5. The average molecular weight is 1250 g/mol. The van der Waals surface area contributed by atoms with Crippen molar-refractivity contribution >= 4 is 29.1 Å². The second-order valence-corrected chi connectivity index (χ2v) is 30.5. The van der Waals surface area contributed by atoms with Crippen molar-refractivity contribution < 1.29 is 63.4 Å². The lowest BCUT2D eigenvalue weighted by Crippen LogP contribution is -2.57. The van der Waals surface area contributed by atoms with Gasteiger partial charge in [-0.2, -0.15) is 0 Å². The molecule has 0 amide bonds. The van der Waals surface area contributed by atoms with E-state index in [2.05, 4.69) is 18.2 Å². The van der Waals surface area contributed by atoms with Gasteiger partial charge in [-0.25, -0.2) is 13.9 Å². The number of aliphatic hydroxyl groups excluding tert-OH is 3. The molecule has 0 bridgehead atoms. The van der Waals surface area contributed by atoms with Crippen LogP contribution in [0.1, 0.15) is 356 Å². The molecule has 500 valence electrons. The SMILES string of the molecule is CCCCCCCCCCCCCCCCCCOC(=O)c1cc(C(C)(C)C)c(C(O)(c2c(C(C)(C)C)cc(C(=O)OCCCCCCCCCCCCCCCCCC)cc2C(C)(C)C)C(CO)(CO)CO)c(C(C)(C)C)c1.OP(O)OP(O)O. The minimum atomic E-state index is -2.61. The van der Waals surface area contributed by atoms with Crippen molar-refractivity contribution in [3.05, 3.63) is 68.8 Å². The first-order chi connectivity index (χ1) is 40.4. The van der Waals surface area contributed by atoms with Gasteiger partial charge in [0.05, 0.1) is 49.6 Å². The molecule has 0 spiro atoms. The molecule has 0 fully saturated rings. The maximum Gasteiger partial charge on any atom is 0.338 e. The zero-order valence-corrected chi connectivity index (χ0v) is 58.8. The standard InChI is InChI=1S/C71H124O8.H4O5P2/c1-15-17-19-21-23-25-27-29-31-33-35-37-39-41-43-45-47-78-64(75)56-49-58(66(3,4)5)62(59(50-56)67(6,7)8)71(77,70(53-72,54-73)55-74)63-60(68(9,10)11)51-57(52-61(63)69(12,13)14)65(76)79-48-46-44-42-40-38-36-34-32-30-28-26-24-22-20-18-16-2;1-6(2)5-7(3)4/h49-52,72-74,77H,15-48,53-55H2,1-14H3;1-4H. The molecule has 13 nitrogen and oxygen atoms in total. The van der Waals surface area contributed by atoms with Crippen molar-refractivity contribution in [1.82, 2.24) is 0 Å². The van der Waals surface area contributed by atoms with Crippen LogP contribution in [0, 0.1) is 5.41 Å². The van der Waals surface area contributed by atoms with Gasteiger partial charge in [-0.1, -0.05) is 290 Å². The van der Waals surface area contributed by atoms with Crippen LogP contribution in [0.25, 0.3) is 0 Å². The summed E-state index contributed by atoms with van der Waals surface area (Å²) >= 11 is 0. The van der Waals surface area contributed by atoms with Crippen LogP contribution in [-0.2, 0) is 41.0 Å². The fourth-order valence-corrected chi connectivity index (χ4v) is 12.2. The number of aliphatic hydroxyl groups is 4. The van der Waals surface area contributed by atoms with E-state index < -0.39 is 81.6 Å². The smallest absolute Gasteiger partial charge is 0.338 e. The highest BCUT2D eigenvalue weighted by Gasteiger charge is 2.58. The molecule has 2 rings (SSSR count). The molecule has 2 aromatic carbocycles. The molecule has 15 heteroatoms. The number of esters is 2. The summed E-state index contributed by atoms with van der Waals surface area (Å²) in [5, 5.41) is 49.4. The van der Waals surface area contributed by atoms with Crippen molar-refractivity contribution in [2.75, 3.05) is 33.0 Å². The Kier molecular flexibility index (Phi) is 40.8. The molecule has 0 aromatic heterocycles. The predicted molar refractivity (Wildman–Crippen MR) is 358 cm³/mol. The molecule has 86 heavy (non-hydrogen) atoms. The number of rotatable bonds is 44. The molecular weight excluding hydrogens is 1120 g/mol. The Hall–Kier alpha value is -2.12. The highest BCUT2D eigenvalue weighted by molar-refractivity contribution is 7.53. The number of unbranched alkanes of at least 4 members (excludes halogenated alkanes) is 30. The summed E-state index contributed by atoms with van der Waals surface area (Å²) in [4.78, 5) is 59.7. The Morgan fingerprint density at radius 1 is 0.360 bits per heavy atom. The Balaban J connectivity index is 0.00000495. The minimum Gasteiger partial charge on any atom is -0.462 e. The Morgan fingerprint density at radius 2 is 0.558 bits per heavy atom. The van der Waals surface area contributed by atoms with Crippen molar-refractivity contribution in [3.63, 3.8) is 0 Å². The van der Waals surface area contributed by atoms with E-state index in [1.54, 1.807) is 24.3 Å². The lowest BCUT2D eigenvalue weighted by molar-refractivity contribution is -0.138. The third-order valence-electron chi connectivity index (χ3n) is 17.0. The van der Waals surface area contributed by atoms with Crippen LogP contribution in [-0.4, -0.2) is 85.0 Å². The first-order valence-electron chi connectivity index (χ1n) is 33.8. The van der Waals surface area contributed by atoms with Gasteiger partial charge >= 0.3 is 29.1 Å². The number of ether oxygens (including phenoxy) is 2. The van der Waals surface area contributed by atoms with Gasteiger partial charge in [0.2, 0.25) is 0 Å². The third kappa shape index (κ3) is 29.9. The van der Waals surface area contributed by atoms with E-state index in [1.165, 1.54) is 167 Å². The molecule has 0 heterocycles. The first-order valence-corrected chi connectivity index (χ1v) is 36.1. The number of hydrogen-bond donors (Lipinski definition) is 8. The highest BCUT2D eigenvalue weighted by atomic mass is 31.2. The molecule has 0 aliphatic heterocycles. The normalized spacial score (nSPS) is 12.7. The summed E-state index contributed by atoms with van der Waals surface area (Å²) in [6.45, 7) is 27.1. The van der Waals surface area contributed by atoms with E-state index in [9.17, 15) is 30.0 Å². The van der Waals surface area contributed by atoms with Gasteiger partial charge in [0, 0.05) is 0 Å².